The number of amides is 1. The van der Waals surface area contributed by atoms with Gasteiger partial charge in [0, 0.05) is 17.1 Å². The Balaban J connectivity index is 1.61. The third-order valence-corrected chi connectivity index (χ3v) is 4.17. The predicted molar refractivity (Wildman–Crippen MR) is 98.8 cm³/mol. The molecular weight excluding hydrogens is 332 g/mol. The molecule has 26 heavy (non-hydrogen) atoms. The van der Waals surface area contributed by atoms with E-state index < -0.39 is 0 Å². The van der Waals surface area contributed by atoms with Crippen molar-refractivity contribution < 1.29 is 19.1 Å². The highest BCUT2D eigenvalue weighted by Gasteiger charge is 2.11. The van der Waals surface area contributed by atoms with Crippen molar-refractivity contribution in [3.63, 3.8) is 0 Å². The van der Waals surface area contributed by atoms with Crippen LogP contribution in [0.1, 0.15) is 10.4 Å². The van der Waals surface area contributed by atoms with Crippen LogP contribution >= 0.6 is 0 Å². The Kier molecular flexibility index (Phi) is 5.22. The fraction of sp³-hybridized carbons (Fsp3) is 0.200. The van der Waals surface area contributed by atoms with Gasteiger partial charge in [-0.05, 0) is 42.5 Å². The maximum absolute atomic E-state index is 12.2. The van der Waals surface area contributed by atoms with E-state index in [0.29, 0.717) is 11.3 Å². The number of carbonyl (C=O) groups excluding carboxylic acids is 2. The molecule has 0 atom stereocenters. The molecule has 0 aliphatic heterocycles. The van der Waals surface area contributed by atoms with Gasteiger partial charge in [0.15, 0.2) is 5.78 Å². The van der Waals surface area contributed by atoms with Crippen LogP contribution in [0.25, 0.3) is 10.9 Å². The Bertz CT molecular complexity index is 929. The van der Waals surface area contributed by atoms with Gasteiger partial charge >= 0.3 is 0 Å². The van der Waals surface area contributed by atoms with Gasteiger partial charge < -0.3 is 19.4 Å². The van der Waals surface area contributed by atoms with Crippen LogP contribution in [-0.4, -0.2) is 37.0 Å². The van der Waals surface area contributed by atoms with Crippen molar-refractivity contribution in [2.45, 2.75) is 6.54 Å². The zero-order valence-corrected chi connectivity index (χ0v) is 14.7. The molecule has 1 N–H and O–H groups in total. The lowest BCUT2D eigenvalue weighted by Gasteiger charge is -2.08. The van der Waals surface area contributed by atoms with Gasteiger partial charge in [-0.25, -0.2) is 0 Å². The summed E-state index contributed by atoms with van der Waals surface area (Å²) in [5.74, 6) is 1.06. The zero-order chi connectivity index (χ0) is 18.5. The fourth-order valence-corrected chi connectivity index (χ4v) is 2.78. The van der Waals surface area contributed by atoms with E-state index in [1.165, 1.54) is 0 Å². The van der Waals surface area contributed by atoms with Crippen molar-refractivity contribution in [3.8, 4) is 11.5 Å². The number of methoxy groups -OCH3 is 2. The molecule has 0 radical (unpaired) electrons. The van der Waals surface area contributed by atoms with E-state index >= 15 is 0 Å². The Morgan fingerprint density at radius 1 is 1.00 bits per heavy atom. The van der Waals surface area contributed by atoms with Crippen molar-refractivity contribution in [3.05, 3.63) is 60.3 Å². The van der Waals surface area contributed by atoms with Gasteiger partial charge in [-0.1, -0.05) is 6.07 Å². The van der Waals surface area contributed by atoms with Crippen LogP contribution in [0, 0.1) is 0 Å². The number of nitrogens with one attached hydrogen (secondary N) is 1. The van der Waals surface area contributed by atoms with Crippen LogP contribution in [0.5, 0.6) is 11.5 Å². The van der Waals surface area contributed by atoms with Crippen molar-refractivity contribution >= 4 is 22.6 Å². The lowest BCUT2D eigenvalue weighted by molar-refractivity contribution is -0.121. The smallest absolute Gasteiger partial charge is 0.240 e. The number of ether oxygens (including phenoxy) is 2. The van der Waals surface area contributed by atoms with Crippen LogP contribution < -0.4 is 14.8 Å². The van der Waals surface area contributed by atoms with E-state index in [1.807, 2.05) is 35.0 Å². The predicted octanol–water partition coefficient (Wildman–Crippen LogP) is 2.66. The molecule has 0 aliphatic rings. The first-order valence-electron chi connectivity index (χ1n) is 8.18. The molecule has 1 aromatic heterocycles. The summed E-state index contributed by atoms with van der Waals surface area (Å²) in [6, 6.07) is 14.4. The summed E-state index contributed by atoms with van der Waals surface area (Å²) < 4.78 is 12.2. The summed E-state index contributed by atoms with van der Waals surface area (Å²) >= 11 is 0. The Morgan fingerprint density at radius 3 is 2.46 bits per heavy atom. The van der Waals surface area contributed by atoms with Crippen LogP contribution in [0.3, 0.4) is 0 Å². The number of rotatable bonds is 7. The molecule has 0 spiro atoms. The van der Waals surface area contributed by atoms with Gasteiger partial charge in [0.2, 0.25) is 5.91 Å². The fourth-order valence-electron chi connectivity index (χ4n) is 2.78. The summed E-state index contributed by atoms with van der Waals surface area (Å²) in [4.78, 5) is 24.4. The molecule has 0 unspecified atom stereocenters. The number of aromatic nitrogens is 1. The van der Waals surface area contributed by atoms with Gasteiger partial charge in [0.25, 0.3) is 0 Å². The molecule has 0 saturated heterocycles. The second-order valence-corrected chi connectivity index (χ2v) is 5.77. The Labute approximate surface area is 151 Å². The Hall–Kier alpha value is -3.28. The second kappa shape index (κ2) is 7.74. The number of Topliss-reactive ketones (excluding diaryl/α,β-unsaturated/α-hetero) is 1. The molecule has 2 aromatic carbocycles. The Morgan fingerprint density at radius 2 is 1.77 bits per heavy atom. The third-order valence-electron chi connectivity index (χ3n) is 4.17. The van der Waals surface area contributed by atoms with Crippen LogP contribution in [0.4, 0.5) is 0 Å². The molecule has 6 nitrogen and oxygen atoms in total. The van der Waals surface area contributed by atoms with E-state index in [0.717, 1.165) is 16.7 Å². The normalized spacial score (nSPS) is 10.5. The number of benzene rings is 2. The summed E-state index contributed by atoms with van der Waals surface area (Å²) in [6.45, 7) is 0.0836. The molecule has 0 bridgehead atoms. The summed E-state index contributed by atoms with van der Waals surface area (Å²) in [5.41, 5.74) is 1.43. The molecule has 3 aromatic rings. The third kappa shape index (κ3) is 3.69. The number of carbonyl (C=O) groups is 2. The van der Waals surface area contributed by atoms with Crippen molar-refractivity contribution in [2.75, 3.05) is 20.8 Å². The molecule has 1 amide bonds. The minimum atomic E-state index is -0.229. The molecule has 3 rings (SSSR count). The van der Waals surface area contributed by atoms with Crippen LogP contribution in [0.15, 0.2) is 54.7 Å². The van der Waals surface area contributed by atoms with E-state index in [2.05, 4.69) is 5.32 Å². The highest BCUT2D eigenvalue weighted by molar-refractivity contribution is 5.99. The van der Waals surface area contributed by atoms with Crippen molar-refractivity contribution in [1.82, 2.24) is 9.88 Å². The highest BCUT2D eigenvalue weighted by atomic mass is 16.5. The van der Waals surface area contributed by atoms with Crippen molar-refractivity contribution in [1.29, 1.82) is 0 Å². The summed E-state index contributed by atoms with van der Waals surface area (Å²) in [6.07, 6.45) is 1.83. The average molecular weight is 352 g/mol. The minimum absolute atomic E-state index is 0.0479. The first-order chi connectivity index (χ1) is 12.6. The molecule has 6 heteroatoms. The first kappa shape index (κ1) is 17.5. The van der Waals surface area contributed by atoms with Gasteiger partial charge in [-0.2, -0.15) is 0 Å². The lowest BCUT2D eigenvalue weighted by atomic mass is 10.1. The topological polar surface area (TPSA) is 69.6 Å². The van der Waals surface area contributed by atoms with E-state index in [1.54, 1.807) is 38.5 Å². The summed E-state index contributed by atoms with van der Waals surface area (Å²) in [5, 5.41) is 3.61. The molecule has 134 valence electrons. The SMILES string of the molecule is COc1ccc(C(=O)CNC(=O)Cn2ccc3c(OC)cccc32)cc1. The quantitative estimate of drug-likeness (QED) is 0.664. The maximum Gasteiger partial charge on any atom is 0.240 e. The van der Waals surface area contributed by atoms with Gasteiger partial charge in [0.1, 0.15) is 18.0 Å². The van der Waals surface area contributed by atoms with Gasteiger partial charge in [-0.15, -0.1) is 0 Å². The van der Waals surface area contributed by atoms with Gasteiger partial charge in [0.05, 0.1) is 26.3 Å². The monoisotopic (exact) mass is 352 g/mol. The second-order valence-electron chi connectivity index (χ2n) is 5.77. The van der Waals surface area contributed by atoms with Crippen molar-refractivity contribution in [2.24, 2.45) is 0 Å². The van der Waals surface area contributed by atoms with E-state index in [9.17, 15) is 9.59 Å². The lowest BCUT2D eigenvalue weighted by Crippen LogP contribution is -2.32. The maximum atomic E-state index is 12.2. The first-order valence-corrected chi connectivity index (χ1v) is 8.18. The van der Waals surface area contributed by atoms with Crippen LogP contribution in [-0.2, 0) is 11.3 Å². The minimum Gasteiger partial charge on any atom is -0.497 e. The number of fused-ring (bicyclic) bond motifs is 1. The van der Waals surface area contributed by atoms with Gasteiger partial charge in [-0.3, -0.25) is 9.59 Å². The summed E-state index contributed by atoms with van der Waals surface area (Å²) in [7, 11) is 3.18. The standard InChI is InChI=1S/C20H20N2O4/c1-25-15-8-6-14(7-9-15)18(23)12-21-20(24)13-22-11-10-16-17(22)4-3-5-19(16)26-2/h3-11H,12-13H2,1-2H3,(H,21,24). The number of ketones is 1. The molecule has 0 fully saturated rings. The number of hydrogen-bond donors (Lipinski definition) is 1. The zero-order valence-electron chi connectivity index (χ0n) is 14.7. The molecule has 0 saturated carbocycles. The average Bonchev–Trinajstić information content (AvgIpc) is 3.09. The largest absolute Gasteiger partial charge is 0.497 e. The number of hydrogen-bond acceptors (Lipinski definition) is 4. The van der Waals surface area contributed by atoms with Crippen LogP contribution in [0.2, 0.25) is 0 Å². The molecule has 1 heterocycles. The van der Waals surface area contributed by atoms with E-state index in [4.69, 9.17) is 9.47 Å². The molecule has 0 aliphatic carbocycles. The highest BCUT2D eigenvalue weighted by Crippen LogP contribution is 2.26. The number of nitrogens with zero attached hydrogens (tertiary/aromatic N) is 1. The van der Waals surface area contributed by atoms with E-state index in [-0.39, 0.29) is 24.8 Å². The molecular formula is C20H20N2O4.